The Bertz CT molecular complexity index is 1850. The molecule has 0 aliphatic rings. The largest absolute Gasteiger partial charge is 0.497 e. The van der Waals surface area contributed by atoms with Gasteiger partial charge in [-0.15, -0.1) is 0 Å². The number of amides is 3. The molecule has 1 unspecified atom stereocenters. The van der Waals surface area contributed by atoms with E-state index >= 15 is 8.78 Å². The van der Waals surface area contributed by atoms with Gasteiger partial charge in [0.05, 0.1) is 18.8 Å². The number of pyridine rings is 1. The molecular weight excluding hydrogens is 650 g/mol. The molecule has 3 amide bonds. The van der Waals surface area contributed by atoms with Crippen LogP contribution in [0.5, 0.6) is 5.75 Å². The summed E-state index contributed by atoms with van der Waals surface area (Å²) in [5.41, 5.74) is 1.31. The highest BCUT2D eigenvalue weighted by Crippen LogP contribution is 2.22. The lowest BCUT2D eigenvalue weighted by Crippen LogP contribution is -2.57. The Labute approximate surface area is 287 Å². The van der Waals surface area contributed by atoms with Gasteiger partial charge in [0.2, 0.25) is 11.7 Å². The minimum atomic E-state index is -4.46. The fourth-order valence-corrected chi connectivity index (χ4v) is 4.99. The maximum absolute atomic E-state index is 15.2. The van der Waals surface area contributed by atoms with E-state index in [1.807, 2.05) is 6.07 Å². The van der Waals surface area contributed by atoms with Gasteiger partial charge in [0.25, 0.3) is 11.5 Å². The first-order valence-electron chi connectivity index (χ1n) is 15.8. The molecule has 0 bridgehead atoms. The molecule has 13 heteroatoms. The van der Waals surface area contributed by atoms with Gasteiger partial charge in [0.15, 0.2) is 0 Å². The Hall–Kier alpha value is -5.85. The summed E-state index contributed by atoms with van der Waals surface area (Å²) in [6.45, 7) is 1.96. The number of anilines is 1. The van der Waals surface area contributed by atoms with E-state index < -0.39 is 53.7 Å². The molecule has 0 radical (unpaired) electrons. The number of hydrogen-bond acceptors (Lipinski definition) is 7. The third-order valence-corrected chi connectivity index (χ3v) is 7.71. The molecular formula is C37H38F2N4O7. The quantitative estimate of drug-likeness (QED) is 0.150. The third-order valence-electron chi connectivity index (χ3n) is 7.71. The second-order valence-corrected chi connectivity index (χ2v) is 11.7. The van der Waals surface area contributed by atoms with Crippen LogP contribution in [0.3, 0.4) is 0 Å². The van der Waals surface area contributed by atoms with E-state index in [1.165, 1.54) is 33.1 Å². The van der Waals surface area contributed by atoms with Gasteiger partial charge in [-0.2, -0.15) is 8.78 Å². The molecule has 0 saturated heterocycles. The average Bonchev–Trinajstić information content (AvgIpc) is 3.12. The number of ether oxygens (including phenoxy) is 2. The van der Waals surface area contributed by atoms with Crippen molar-refractivity contribution in [3.8, 4) is 17.0 Å². The van der Waals surface area contributed by atoms with Crippen molar-refractivity contribution in [3.63, 3.8) is 0 Å². The van der Waals surface area contributed by atoms with Gasteiger partial charge >= 0.3 is 12.0 Å². The molecule has 4 aromatic rings. The number of benzene rings is 3. The van der Waals surface area contributed by atoms with Crippen LogP contribution in [0.1, 0.15) is 25.0 Å². The summed E-state index contributed by atoms with van der Waals surface area (Å²) in [5, 5.41) is 6.77. The predicted molar refractivity (Wildman–Crippen MR) is 183 cm³/mol. The molecule has 50 heavy (non-hydrogen) atoms. The molecule has 0 spiro atoms. The highest BCUT2D eigenvalue weighted by atomic mass is 19.3. The smallest absolute Gasteiger partial charge is 0.412 e. The van der Waals surface area contributed by atoms with E-state index in [0.29, 0.717) is 11.3 Å². The maximum Gasteiger partial charge on any atom is 0.412 e. The number of methoxy groups -OCH3 is 1. The summed E-state index contributed by atoms with van der Waals surface area (Å²) in [5.74, 6) is -9.23. The van der Waals surface area contributed by atoms with Crippen LogP contribution in [0.4, 0.5) is 19.3 Å². The minimum absolute atomic E-state index is 0.0543. The molecule has 1 atom stereocenters. The topological polar surface area (TPSA) is 145 Å². The van der Waals surface area contributed by atoms with Crippen molar-refractivity contribution >= 4 is 29.4 Å². The monoisotopic (exact) mass is 688 g/mol. The van der Waals surface area contributed by atoms with Crippen molar-refractivity contribution < 1.29 is 37.4 Å². The zero-order valence-electron chi connectivity index (χ0n) is 27.8. The normalized spacial score (nSPS) is 11.7. The lowest BCUT2D eigenvalue weighted by atomic mass is 9.95. The van der Waals surface area contributed by atoms with Crippen LogP contribution in [0.15, 0.2) is 102 Å². The van der Waals surface area contributed by atoms with Gasteiger partial charge in [0, 0.05) is 6.54 Å². The maximum atomic E-state index is 15.2. The second kappa shape index (κ2) is 17.0. The molecule has 0 fully saturated rings. The van der Waals surface area contributed by atoms with Gasteiger partial charge in [-0.05, 0) is 53.3 Å². The van der Waals surface area contributed by atoms with Crippen LogP contribution in [0.25, 0.3) is 11.3 Å². The molecule has 0 aliphatic carbocycles. The number of carbonyl (C=O) groups is 4. The number of aromatic nitrogens is 1. The van der Waals surface area contributed by atoms with Crippen molar-refractivity contribution in [1.82, 2.24) is 15.2 Å². The lowest BCUT2D eigenvalue weighted by Gasteiger charge is -2.25. The average molecular weight is 689 g/mol. The summed E-state index contributed by atoms with van der Waals surface area (Å²) in [6.07, 6.45) is -0.689. The number of carbonyl (C=O) groups excluding carboxylic acids is 4. The summed E-state index contributed by atoms with van der Waals surface area (Å²) in [4.78, 5) is 65.0. The Morgan fingerprint density at radius 1 is 0.840 bits per heavy atom. The Balaban J connectivity index is 1.47. The van der Waals surface area contributed by atoms with Crippen LogP contribution in [-0.4, -0.2) is 53.9 Å². The molecule has 1 heterocycles. The zero-order chi connectivity index (χ0) is 36.3. The number of Topliss-reactive ketones (excluding diaryl/α,β-unsaturated/α-hetero) is 1. The molecule has 3 aromatic carbocycles. The van der Waals surface area contributed by atoms with Crippen LogP contribution >= 0.6 is 0 Å². The van der Waals surface area contributed by atoms with Crippen LogP contribution in [0, 0.1) is 5.92 Å². The van der Waals surface area contributed by atoms with E-state index in [4.69, 9.17) is 9.47 Å². The summed E-state index contributed by atoms with van der Waals surface area (Å²) in [7, 11) is 1.51. The van der Waals surface area contributed by atoms with E-state index in [1.54, 1.807) is 78.9 Å². The van der Waals surface area contributed by atoms with Crippen molar-refractivity contribution in [2.24, 2.45) is 5.92 Å². The number of nitrogens with one attached hydrogen (secondary N) is 3. The minimum Gasteiger partial charge on any atom is -0.497 e. The summed E-state index contributed by atoms with van der Waals surface area (Å²) >= 11 is 0. The Morgan fingerprint density at radius 3 is 2.10 bits per heavy atom. The fraction of sp³-hybridized carbons (Fsp3) is 0.270. The van der Waals surface area contributed by atoms with E-state index in [0.717, 1.165) is 15.7 Å². The standard InChI is InChI=1S/C37H38F2N4O7/c1-24(2)32(33(45)37(38,39)35(47)40-21-20-25-14-16-28(49-3)17-15-25)42-31(44)22-43-30(27-12-8-5-9-13-27)19-18-29(34(43)46)41-36(48)50-23-26-10-6-4-7-11-26/h4-19,24,32H,20-23H2,1-3H3,(H,40,47)(H,41,48)(H,42,44). The van der Waals surface area contributed by atoms with E-state index in [2.05, 4.69) is 16.0 Å². The number of ketones is 1. The number of hydrogen-bond donors (Lipinski definition) is 3. The molecule has 262 valence electrons. The highest BCUT2D eigenvalue weighted by Gasteiger charge is 2.51. The third kappa shape index (κ3) is 9.62. The second-order valence-electron chi connectivity index (χ2n) is 11.7. The number of halogens is 2. The molecule has 3 N–H and O–H groups in total. The SMILES string of the molecule is COc1ccc(CCNC(=O)C(F)(F)C(=O)C(NC(=O)Cn2c(-c3ccccc3)ccc(NC(=O)OCc3ccccc3)c2=O)C(C)C)cc1. The number of nitrogens with zero attached hydrogens (tertiary/aromatic N) is 1. The molecule has 1 aromatic heterocycles. The number of alkyl halides is 2. The Kier molecular flexibility index (Phi) is 12.6. The molecule has 4 rings (SSSR count). The van der Waals surface area contributed by atoms with Crippen LogP contribution in [0.2, 0.25) is 0 Å². The van der Waals surface area contributed by atoms with Gasteiger partial charge in [0.1, 0.15) is 24.6 Å². The van der Waals surface area contributed by atoms with Gasteiger partial charge in [-0.1, -0.05) is 86.6 Å². The molecule has 11 nitrogen and oxygen atoms in total. The van der Waals surface area contributed by atoms with Crippen molar-refractivity contribution in [1.29, 1.82) is 0 Å². The van der Waals surface area contributed by atoms with Gasteiger partial charge in [-0.25, -0.2) is 4.79 Å². The summed E-state index contributed by atoms with van der Waals surface area (Å²) in [6, 6.07) is 25.4. The molecule has 0 saturated carbocycles. The zero-order valence-corrected chi connectivity index (χ0v) is 27.8. The first-order valence-corrected chi connectivity index (χ1v) is 15.8. The van der Waals surface area contributed by atoms with E-state index in [-0.39, 0.29) is 31.0 Å². The van der Waals surface area contributed by atoms with Gasteiger partial charge in [-0.3, -0.25) is 29.1 Å². The van der Waals surface area contributed by atoms with E-state index in [9.17, 15) is 24.0 Å². The van der Waals surface area contributed by atoms with Crippen molar-refractivity contribution in [2.45, 2.75) is 45.4 Å². The molecule has 0 aliphatic heterocycles. The lowest BCUT2D eigenvalue weighted by molar-refractivity contribution is -0.161. The van der Waals surface area contributed by atoms with Crippen molar-refractivity contribution in [3.05, 3.63) is 119 Å². The van der Waals surface area contributed by atoms with Crippen LogP contribution < -0.4 is 26.2 Å². The van der Waals surface area contributed by atoms with Crippen molar-refractivity contribution in [2.75, 3.05) is 19.0 Å². The van der Waals surface area contributed by atoms with Crippen LogP contribution in [-0.2, 0) is 38.7 Å². The number of rotatable bonds is 15. The Morgan fingerprint density at radius 2 is 1.48 bits per heavy atom. The van der Waals surface area contributed by atoms with Gasteiger partial charge < -0.3 is 20.1 Å². The predicted octanol–water partition coefficient (Wildman–Crippen LogP) is 4.98. The summed E-state index contributed by atoms with van der Waals surface area (Å²) < 4.78 is 41.7. The first-order chi connectivity index (χ1) is 23.9. The first kappa shape index (κ1) is 37.0. The highest BCUT2D eigenvalue weighted by molar-refractivity contribution is 6.10. The fourth-order valence-electron chi connectivity index (χ4n) is 4.99.